The molecule has 0 amide bonds. The summed E-state index contributed by atoms with van der Waals surface area (Å²) in [5, 5.41) is 2.31. The lowest BCUT2D eigenvalue weighted by molar-refractivity contribution is 0.343. The van der Waals surface area contributed by atoms with Gasteiger partial charge in [-0.2, -0.15) is 0 Å². The van der Waals surface area contributed by atoms with E-state index in [-0.39, 0.29) is 11.6 Å². The van der Waals surface area contributed by atoms with Crippen LogP contribution in [0.15, 0.2) is 91.0 Å². The highest BCUT2D eigenvalue weighted by Crippen LogP contribution is 2.36. The van der Waals surface area contributed by atoms with Gasteiger partial charge in [0.05, 0.1) is 6.61 Å². The molecule has 0 spiro atoms. The lowest BCUT2D eigenvalue weighted by Gasteiger charge is -2.42. The predicted octanol–water partition coefficient (Wildman–Crippen LogP) is 5.93. The number of hydrogen-bond acceptors (Lipinski definition) is 1. The highest BCUT2D eigenvalue weighted by atomic mass is 28.4. The molecular weight excluding hydrogens is 411 g/mol. The van der Waals surface area contributed by atoms with Gasteiger partial charge in [0, 0.05) is 0 Å². The van der Waals surface area contributed by atoms with E-state index in [2.05, 4.69) is 93.3 Å². The minimum atomic E-state index is -2.62. The average molecular weight is 445 g/mol. The van der Waals surface area contributed by atoms with Crippen molar-refractivity contribution in [3.8, 4) is 11.8 Å². The number of hydrogen-bond donors (Lipinski definition) is 0. The molecule has 0 fully saturated rings. The van der Waals surface area contributed by atoms with Crippen LogP contribution in [0.4, 0.5) is 4.39 Å². The zero-order valence-electron chi connectivity index (χ0n) is 19.4. The molecule has 3 heteroatoms. The Kier molecular flexibility index (Phi) is 8.44. The third kappa shape index (κ3) is 5.97. The molecule has 32 heavy (non-hydrogen) atoms. The molecule has 0 aromatic heterocycles. The maximum absolute atomic E-state index is 14.4. The SMILES string of the molecule is CC(C)(C)[Si](OCC#C[C@@H](F)CCCc1ccccc1)(c1ccccc1)c1ccccc1. The van der Waals surface area contributed by atoms with E-state index in [4.69, 9.17) is 4.43 Å². The van der Waals surface area contributed by atoms with E-state index in [1.807, 2.05) is 30.3 Å². The molecule has 3 aromatic carbocycles. The van der Waals surface area contributed by atoms with Crippen molar-refractivity contribution in [2.24, 2.45) is 0 Å². The summed E-state index contributed by atoms with van der Waals surface area (Å²) in [6.07, 6.45) is 0.986. The van der Waals surface area contributed by atoms with E-state index in [0.29, 0.717) is 6.42 Å². The van der Waals surface area contributed by atoms with Crippen LogP contribution >= 0.6 is 0 Å². The number of benzene rings is 3. The van der Waals surface area contributed by atoms with Crippen LogP contribution in [-0.2, 0) is 10.8 Å². The molecule has 0 saturated heterocycles. The van der Waals surface area contributed by atoms with Crippen LogP contribution in [0.3, 0.4) is 0 Å². The summed E-state index contributed by atoms with van der Waals surface area (Å²) < 4.78 is 21.1. The van der Waals surface area contributed by atoms with Gasteiger partial charge in [0.15, 0.2) is 6.17 Å². The van der Waals surface area contributed by atoms with Crippen molar-refractivity contribution in [3.05, 3.63) is 96.6 Å². The number of rotatable bonds is 8. The van der Waals surface area contributed by atoms with Gasteiger partial charge in [-0.25, -0.2) is 4.39 Å². The van der Waals surface area contributed by atoms with Crippen molar-refractivity contribution in [2.75, 3.05) is 6.61 Å². The first kappa shape index (κ1) is 24.0. The minimum Gasteiger partial charge on any atom is -0.396 e. The minimum absolute atomic E-state index is 0.109. The van der Waals surface area contributed by atoms with Crippen LogP contribution in [0.1, 0.15) is 39.2 Å². The topological polar surface area (TPSA) is 9.23 Å². The maximum atomic E-state index is 14.4. The zero-order chi connectivity index (χ0) is 22.9. The van der Waals surface area contributed by atoms with Crippen LogP contribution in [-0.4, -0.2) is 21.1 Å². The molecule has 0 radical (unpaired) electrons. The molecule has 1 nitrogen and oxygen atoms in total. The zero-order valence-corrected chi connectivity index (χ0v) is 20.4. The van der Waals surface area contributed by atoms with E-state index in [1.54, 1.807) is 0 Å². The second-order valence-electron chi connectivity index (χ2n) is 9.12. The van der Waals surface area contributed by atoms with Crippen molar-refractivity contribution in [2.45, 2.75) is 51.2 Å². The average Bonchev–Trinajstić information content (AvgIpc) is 2.80. The van der Waals surface area contributed by atoms with E-state index in [9.17, 15) is 4.39 Å². The molecule has 0 N–H and O–H groups in total. The summed E-state index contributed by atoms with van der Waals surface area (Å²) >= 11 is 0. The standard InChI is InChI=1S/C29H33FOSi/c1-29(2,3)32(27-20-9-5-10-21-27,28-22-11-6-12-23-28)31-24-14-19-26(30)18-13-17-25-15-7-4-8-16-25/h4-12,15-16,20-23,26H,13,17-18,24H2,1-3H3/t26-/m0/s1. The summed E-state index contributed by atoms with van der Waals surface area (Å²) in [7, 11) is -2.62. The third-order valence-corrected chi connectivity index (χ3v) is 10.8. The van der Waals surface area contributed by atoms with E-state index >= 15 is 0 Å². The molecule has 166 valence electrons. The first-order valence-corrected chi connectivity index (χ1v) is 13.3. The molecule has 0 aliphatic heterocycles. The quantitative estimate of drug-likeness (QED) is 0.309. The van der Waals surface area contributed by atoms with Crippen molar-refractivity contribution in [1.29, 1.82) is 0 Å². The van der Waals surface area contributed by atoms with Gasteiger partial charge >= 0.3 is 0 Å². The van der Waals surface area contributed by atoms with Gasteiger partial charge < -0.3 is 4.43 Å². The van der Waals surface area contributed by atoms with Crippen LogP contribution in [0.25, 0.3) is 0 Å². The van der Waals surface area contributed by atoms with Gasteiger partial charge in [0.1, 0.15) is 0 Å². The van der Waals surface area contributed by atoms with E-state index < -0.39 is 14.5 Å². The number of aryl methyl sites for hydroxylation is 1. The van der Waals surface area contributed by atoms with Crippen molar-refractivity contribution < 1.29 is 8.82 Å². The molecule has 3 aromatic rings. The third-order valence-electron chi connectivity index (χ3n) is 5.80. The summed E-state index contributed by atoms with van der Waals surface area (Å²) in [6, 6.07) is 31.1. The summed E-state index contributed by atoms with van der Waals surface area (Å²) in [5.41, 5.74) is 1.24. The van der Waals surface area contributed by atoms with Gasteiger partial charge in [-0.3, -0.25) is 0 Å². The molecule has 0 saturated carbocycles. The fraction of sp³-hybridized carbons (Fsp3) is 0.310. The molecule has 0 aliphatic carbocycles. The fourth-order valence-electron chi connectivity index (χ4n) is 4.26. The number of halogens is 1. The Hall–Kier alpha value is -2.67. The van der Waals surface area contributed by atoms with Gasteiger partial charge in [0.2, 0.25) is 0 Å². The Bertz CT molecular complexity index is 962. The van der Waals surface area contributed by atoms with Crippen molar-refractivity contribution in [1.82, 2.24) is 0 Å². The van der Waals surface area contributed by atoms with Crippen LogP contribution in [0.2, 0.25) is 5.04 Å². The lowest BCUT2D eigenvalue weighted by Crippen LogP contribution is -2.66. The molecular formula is C29H33FOSi. The van der Waals surface area contributed by atoms with Crippen molar-refractivity contribution in [3.63, 3.8) is 0 Å². The van der Waals surface area contributed by atoms with Crippen molar-refractivity contribution >= 4 is 18.7 Å². The maximum Gasteiger partial charge on any atom is 0.262 e. The Morgan fingerprint density at radius 1 is 0.812 bits per heavy atom. The van der Waals surface area contributed by atoms with Crippen LogP contribution < -0.4 is 10.4 Å². The first-order valence-electron chi connectivity index (χ1n) is 11.3. The monoisotopic (exact) mass is 444 g/mol. The second-order valence-corrected chi connectivity index (χ2v) is 13.4. The first-order chi connectivity index (χ1) is 15.4. The molecule has 0 bridgehead atoms. The van der Waals surface area contributed by atoms with E-state index in [0.717, 1.165) is 12.8 Å². The molecule has 0 aliphatic rings. The highest BCUT2D eigenvalue weighted by molar-refractivity contribution is 6.99. The highest BCUT2D eigenvalue weighted by Gasteiger charge is 2.49. The Morgan fingerprint density at radius 2 is 1.31 bits per heavy atom. The summed E-state index contributed by atoms with van der Waals surface area (Å²) in [6.45, 7) is 6.92. The van der Waals surface area contributed by atoms with Crippen LogP contribution in [0, 0.1) is 11.8 Å². The predicted molar refractivity (Wildman–Crippen MR) is 136 cm³/mol. The Morgan fingerprint density at radius 3 is 1.81 bits per heavy atom. The number of alkyl halides is 1. The Balaban J connectivity index is 1.72. The molecule has 3 rings (SSSR count). The second kappa shape index (κ2) is 11.3. The van der Waals surface area contributed by atoms with Gasteiger partial charge in [-0.15, -0.1) is 0 Å². The Labute approximate surface area is 193 Å². The molecule has 0 unspecified atom stereocenters. The fourth-order valence-corrected chi connectivity index (χ4v) is 8.70. The largest absolute Gasteiger partial charge is 0.396 e. The molecule has 1 atom stereocenters. The van der Waals surface area contributed by atoms with Gasteiger partial charge in [-0.05, 0) is 40.2 Å². The smallest absolute Gasteiger partial charge is 0.262 e. The lowest BCUT2D eigenvalue weighted by atomic mass is 10.1. The van der Waals surface area contributed by atoms with Gasteiger partial charge in [0.25, 0.3) is 8.32 Å². The molecule has 0 heterocycles. The normalized spacial score (nSPS) is 12.6. The van der Waals surface area contributed by atoms with Gasteiger partial charge in [-0.1, -0.05) is 124 Å². The summed E-state index contributed by atoms with van der Waals surface area (Å²) in [4.78, 5) is 0. The summed E-state index contributed by atoms with van der Waals surface area (Å²) in [5.74, 6) is 5.76. The van der Waals surface area contributed by atoms with Crippen LogP contribution in [0.5, 0.6) is 0 Å². The van der Waals surface area contributed by atoms with E-state index in [1.165, 1.54) is 15.9 Å².